The Balaban J connectivity index is 1.75. The smallest absolute Gasteiger partial charge is 0.438 e. The standard InChI is InChI=1S/C29H18F17NO5/c1-51-20(50)52-22(47-18(48)8-9-19(47)49)16-5-3-2-4-14(16)15-7-6-13(12-17(15)22)10-11-21(30,31)23(32,33)24(34,35)25(36,37)26(38,39)27(40,41)28(42,43)29(44,45)46/h2-7,12H,8-11H2,1H3. The van der Waals surface area contributed by atoms with Crippen molar-refractivity contribution in [2.75, 3.05) is 7.11 Å². The van der Waals surface area contributed by atoms with E-state index in [0.717, 1.165) is 19.2 Å². The van der Waals surface area contributed by atoms with Gasteiger partial charge in [-0.2, -0.15) is 74.6 Å². The first-order valence-corrected chi connectivity index (χ1v) is 14.0. The van der Waals surface area contributed by atoms with Gasteiger partial charge in [-0.15, -0.1) is 0 Å². The zero-order chi connectivity index (χ0) is 39.9. The van der Waals surface area contributed by atoms with Crippen molar-refractivity contribution in [2.45, 2.75) is 79.0 Å². The van der Waals surface area contributed by atoms with E-state index in [1.54, 1.807) is 0 Å². The molecule has 52 heavy (non-hydrogen) atoms. The fourth-order valence-corrected chi connectivity index (χ4v) is 5.56. The van der Waals surface area contributed by atoms with Crippen LogP contribution in [0.25, 0.3) is 11.1 Å². The summed E-state index contributed by atoms with van der Waals surface area (Å²) in [6, 6.07) is 7.84. The van der Waals surface area contributed by atoms with Crippen LogP contribution >= 0.6 is 0 Å². The first-order valence-electron chi connectivity index (χ1n) is 14.0. The molecule has 0 radical (unpaired) electrons. The SMILES string of the molecule is COC(=O)OC1(N2C(=O)CCC2=O)c2ccccc2-c2ccc(CCC(F)(F)C(F)(F)C(F)(F)C(F)(F)C(F)(F)C(F)(F)C(F)(F)C(F)(F)F)cc21. The molecule has 2 aliphatic rings. The molecule has 1 aliphatic heterocycles. The summed E-state index contributed by atoms with van der Waals surface area (Å²) in [6.45, 7) is 0. The molecule has 0 N–H and O–H groups in total. The van der Waals surface area contributed by atoms with Crippen LogP contribution in [0.4, 0.5) is 79.4 Å². The average molecular weight is 783 g/mol. The summed E-state index contributed by atoms with van der Waals surface area (Å²) in [7, 11) is 0.794. The van der Waals surface area contributed by atoms with Gasteiger partial charge in [-0.1, -0.05) is 36.4 Å². The van der Waals surface area contributed by atoms with Gasteiger partial charge in [0, 0.05) is 30.4 Å². The van der Waals surface area contributed by atoms with Crippen LogP contribution in [0.5, 0.6) is 0 Å². The number of imide groups is 1. The van der Waals surface area contributed by atoms with Gasteiger partial charge in [-0.25, -0.2) is 9.69 Å². The van der Waals surface area contributed by atoms with Crippen molar-refractivity contribution in [3.8, 4) is 11.1 Å². The lowest BCUT2D eigenvalue weighted by molar-refractivity contribution is -0.461. The monoisotopic (exact) mass is 783 g/mol. The summed E-state index contributed by atoms with van der Waals surface area (Å²) in [4.78, 5) is 38.6. The fraction of sp³-hybridized carbons (Fsp3) is 0.483. The maximum Gasteiger partial charge on any atom is 0.510 e. The summed E-state index contributed by atoms with van der Waals surface area (Å²) >= 11 is 0. The third-order valence-corrected chi connectivity index (χ3v) is 8.31. The molecule has 1 saturated heterocycles. The third-order valence-electron chi connectivity index (χ3n) is 8.31. The number of hydrogen-bond donors (Lipinski definition) is 0. The normalized spacial score (nSPS) is 19.2. The van der Waals surface area contributed by atoms with Crippen LogP contribution in [0.1, 0.15) is 36.0 Å². The molecule has 1 fully saturated rings. The predicted octanol–water partition coefficient (Wildman–Crippen LogP) is 8.74. The number of carbonyl (C=O) groups excluding carboxylic acids is 3. The minimum absolute atomic E-state index is 0.0159. The lowest BCUT2D eigenvalue weighted by atomic mass is 9.87. The first-order chi connectivity index (χ1) is 23.4. The van der Waals surface area contributed by atoms with E-state index in [-0.39, 0.29) is 16.7 Å². The van der Waals surface area contributed by atoms with Crippen molar-refractivity contribution in [2.24, 2.45) is 0 Å². The van der Waals surface area contributed by atoms with Gasteiger partial charge in [0.15, 0.2) is 0 Å². The highest BCUT2D eigenvalue weighted by atomic mass is 19.4. The maximum atomic E-state index is 14.7. The van der Waals surface area contributed by atoms with Gasteiger partial charge in [0.25, 0.3) is 5.72 Å². The molecular weight excluding hydrogens is 765 g/mol. The first kappa shape index (κ1) is 40.4. The Morgan fingerprint density at radius 2 is 1.12 bits per heavy atom. The zero-order valence-corrected chi connectivity index (χ0v) is 25.3. The van der Waals surface area contributed by atoms with E-state index >= 15 is 0 Å². The van der Waals surface area contributed by atoms with Gasteiger partial charge in [0.1, 0.15) is 0 Å². The molecule has 1 aliphatic carbocycles. The van der Waals surface area contributed by atoms with Crippen molar-refractivity contribution in [3.05, 3.63) is 59.2 Å². The third kappa shape index (κ3) is 5.33. The minimum Gasteiger partial charge on any atom is -0.438 e. The van der Waals surface area contributed by atoms with Crippen molar-refractivity contribution in [1.29, 1.82) is 0 Å². The second kappa shape index (κ2) is 12.1. The Morgan fingerprint density at radius 1 is 0.654 bits per heavy atom. The van der Waals surface area contributed by atoms with E-state index in [1.165, 1.54) is 24.3 Å². The van der Waals surface area contributed by atoms with Gasteiger partial charge >= 0.3 is 53.8 Å². The number of rotatable bonds is 11. The van der Waals surface area contributed by atoms with Crippen LogP contribution in [0, 0.1) is 0 Å². The summed E-state index contributed by atoms with van der Waals surface area (Å²) in [5.41, 5.74) is -3.72. The molecule has 0 saturated carbocycles. The molecule has 4 rings (SSSR count). The number of hydrogen-bond acceptors (Lipinski definition) is 5. The highest BCUT2D eigenvalue weighted by Gasteiger charge is 2.95. The number of alkyl halides is 17. The Bertz CT molecular complexity index is 1760. The van der Waals surface area contributed by atoms with Gasteiger partial charge in [0.05, 0.1) is 7.11 Å². The van der Waals surface area contributed by atoms with Gasteiger partial charge in [-0.05, 0) is 29.2 Å². The molecular formula is C29H18F17NO5. The summed E-state index contributed by atoms with van der Waals surface area (Å²) in [5.74, 6) is -59.2. The van der Waals surface area contributed by atoms with Crippen molar-refractivity contribution in [1.82, 2.24) is 4.90 Å². The van der Waals surface area contributed by atoms with Crippen molar-refractivity contribution in [3.63, 3.8) is 0 Å². The topological polar surface area (TPSA) is 72.9 Å². The predicted molar refractivity (Wildman–Crippen MR) is 136 cm³/mol. The Kier molecular flexibility index (Phi) is 9.41. The Labute approximate surface area is 278 Å². The van der Waals surface area contributed by atoms with Crippen molar-refractivity contribution < 1.29 is 98.5 Å². The number of nitrogens with zero attached hydrogens (tertiary/aromatic N) is 1. The van der Waals surface area contributed by atoms with E-state index < -0.39 is 108 Å². The zero-order valence-electron chi connectivity index (χ0n) is 25.3. The number of fused-ring (bicyclic) bond motifs is 3. The summed E-state index contributed by atoms with van der Waals surface area (Å²) in [6.07, 6.45) is -14.7. The molecule has 23 heteroatoms. The van der Waals surface area contributed by atoms with E-state index in [1.807, 2.05) is 0 Å². The molecule has 288 valence electrons. The second-order valence-corrected chi connectivity index (χ2v) is 11.4. The van der Waals surface area contributed by atoms with Crippen LogP contribution < -0.4 is 0 Å². The maximum absolute atomic E-state index is 14.7. The van der Waals surface area contributed by atoms with Crippen LogP contribution in [0.2, 0.25) is 0 Å². The molecule has 6 nitrogen and oxygen atoms in total. The number of methoxy groups -OCH3 is 1. The average Bonchev–Trinajstić information content (AvgIpc) is 3.51. The molecule has 2 aromatic carbocycles. The van der Waals surface area contributed by atoms with E-state index in [9.17, 15) is 89.0 Å². The largest absolute Gasteiger partial charge is 0.510 e. The van der Waals surface area contributed by atoms with Crippen LogP contribution in [0.15, 0.2) is 42.5 Å². The molecule has 0 spiro atoms. The molecule has 0 aromatic heterocycles. The quantitative estimate of drug-likeness (QED) is 0.130. The molecule has 2 amide bonds. The fourth-order valence-electron chi connectivity index (χ4n) is 5.56. The number of likely N-dealkylation sites (tertiary alicyclic amines) is 1. The second-order valence-electron chi connectivity index (χ2n) is 11.4. The Morgan fingerprint density at radius 3 is 1.62 bits per heavy atom. The highest BCUT2D eigenvalue weighted by Crippen LogP contribution is 2.64. The molecule has 1 heterocycles. The number of carbonyl (C=O) groups is 3. The van der Waals surface area contributed by atoms with Gasteiger partial charge in [-0.3, -0.25) is 9.59 Å². The van der Waals surface area contributed by atoms with E-state index in [4.69, 9.17) is 4.74 Å². The lowest BCUT2D eigenvalue weighted by Gasteiger charge is -2.42. The Hall–Kier alpha value is -4.34. The van der Waals surface area contributed by atoms with Crippen LogP contribution in [-0.4, -0.2) is 77.6 Å². The molecule has 2 aromatic rings. The summed E-state index contributed by atoms with van der Waals surface area (Å²) in [5, 5.41) is 0. The lowest BCUT2D eigenvalue weighted by Crippen LogP contribution is -2.74. The number of amides is 2. The summed E-state index contributed by atoms with van der Waals surface area (Å²) < 4.78 is 243. The highest BCUT2D eigenvalue weighted by molar-refractivity contribution is 6.04. The number of aryl methyl sites for hydroxylation is 1. The minimum atomic E-state index is -8.75. The number of ether oxygens (including phenoxy) is 2. The molecule has 1 atom stereocenters. The number of benzene rings is 2. The van der Waals surface area contributed by atoms with E-state index in [0.29, 0.717) is 11.0 Å². The molecule has 0 bridgehead atoms. The van der Waals surface area contributed by atoms with E-state index in [2.05, 4.69) is 4.74 Å². The van der Waals surface area contributed by atoms with Crippen LogP contribution in [0.3, 0.4) is 0 Å². The molecule has 1 unspecified atom stereocenters. The van der Waals surface area contributed by atoms with Crippen LogP contribution in [-0.2, 0) is 31.2 Å². The number of halogens is 17. The van der Waals surface area contributed by atoms with Gasteiger partial charge < -0.3 is 9.47 Å². The van der Waals surface area contributed by atoms with Gasteiger partial charge in [0.2, 0.25) is 11.8 Å². The van der Waals surface area contributed by atoms with Crippen molar-refractivity contribution >= 4 is 18.0 Å².